The maximum absolute atomic E-state index is 12.5. The Morgan fingerprint density at radius 3 is 2.29 bits per heavy atom. The van der Waals surface area contributed by atoms with Crippen LogP contribution in [0.4, 0.5) is 0 Å². The van der Waals surface area contributed by atoms with E-state index >= 15 is 0 Å². The normalized spacial score (nSPS) is 17.6. The van der Waals surface area contributed by atoms with E-state index in [2.05, 4.69) is 6.07 Å². The van der Waals surface area contributed by atoms with Crippen molar-refractivity contribution in [1.29, 1.82) is 5.26 Å². The Morgan fingerprint density at radius 1 is 1.24 bits per heavy atom. The summed E-state index contributed by atoms with van der Waals surface area (Å²) in [4.78, 5) is 0.272. The number of hydrogen-bond acceptors (Lipinski definition) is 4. The Bertz CT molecular complexity index is 609. The number of rotatable bonds is 4. The Labute approximate surface area is 126 Å². The van der Waals surface area contributed by atoms with Crippen LogP contribution in [0, 0.1) is 17.2 Å². The van der Waals surface area contributed by atoms with Gasteiger partial charge in [-0.3, -0.25) is 0 Å². The van der Waals surface area contributed by atoms with Gasteiger partial charge < -0.3 is 4.74 Å². The molecule has 0 unspecified atom stereocenters. The molecule has 2 rings (SSSR count). The highest BCUT2D eigenvalue weighted by Crippen LogP contribution is 2.25. The summed E-state index contributed by atoms with van der Waals surface area (Å²) in [7, 11) is -3.47. The second kappa shape index (κ2) is 6.46. The molecule has 0 bridgehead atoms. The fraction of sp³-hybridized carbons (Fsp3) is 0.533. The number of nitrogens with zero attached hydrogens (tertiary/aromatic N) is 2. The highest BCUT2D eigenvalue weighted by atomic mass is 32.2. The Morgan fingerprint density at radius 2 is 1.81 bits per heavy atom. The molecule has 21 heavy (non-hydrogen) atoms. The van der Waals surface area contributed by atoms with Crippen molar-refractivity contribution in [3.63, 3.8) is 0 Å². The first kappa shape index (κ1) is 15.8. The summed E-state index contributed by atoms with van der Waals surface area (Å²) in [5, 5.41) is 8.87. The third-order valence-electron chi connectivity index (χ3n) is 3.47. The highest BCUT2D eigenvalue weighted by molar-refractivity contribution is 7.89. The predicted molar refractivity (Wildman–Crippen MR) is 79.3 cm³/mol. The van der Waals surface area contributed by atoms with Gasteiger partial charge in [0.1, 0.15) is 5.75 Å². The molecule has 5 nitrogen and oxygen atoms in total. The molecule has 1 aliphatic rings. The molecule has 0 aromatic heterocycles. The van der Waals surface area contributed by atoms with Crippen molar-refractivity contribution in [1.82, 2.24) is 4.31 Å². The van der Waals surface area contributed by atoms with Gasteiger partial charge >= 0.3 is 0 Å². The molecule has 6 heteroatoms. The summed E-state index contributed by atoms with van der Waals surface area (Å²) in [6.45, 7) is 4.66. The molecular formula is C15H20N2O3S. The van der Waals surface area contributed by atoms with Crippen LogP contribution in [0.5, 0.6) is 5.75 Å². The van der Waals surface area contributed by atoms with Gasteiger partial charge in [-0.25, -0.2) is 8.42 Å². The number of piperidine rings is 1. The largest absolute Gasteiger partial charge is 0.491 e. The van der Waals surface area contributed by atoms with E-state index in [-0.39, 0.29) is 16.9 Å². The summed E-state index contributed by atoms with van der Waals surface area (Å²) in [6, 6.07) is 8.70. The van der Waals surface area contributed by atoms with Gasteiger partial charge in [-0.05, 0) is 51.0 Å². The quantitative estimate of drug-likeness (QED) is 0.856. The maximum atomic E-state index is 12.5. The molecule has 1 saturated heterocycles. The van der Waals surface area contributed by atoms with Gasteiger partial charge in [-0.2, -0.15) is 9.57 Å². The van der Waals surface area contributed by atoms with Crippen LogP contribution >= 0.6 is 0 Å². The third-order valence-corrected chi connectivity index (χ3v) is 5.38. The van der Waals surface area contributed by atoms with E-state index < -0.39 is 10.0 Å². The number of ether oxygens (including phenoxy) is 1. The molecule has 0 atom stereocenters. The average Bonchev–Trinajstić information content (AvgIpc) is 2.47. The number of sulfonamides is 1. The van der Waals surface area contributed by atoms with E-state index in [1.54, 1.807) is 24.3 Å². The van der Waals surface area contributed by atoms with Crippen LogP contribution in [0.25, 0.3) is 0 Å². The van der Waals surface area contributed by atoms with Crippen LogP contribution in [0.3, 0.4) is 0 Å². The zero-order chi connectivity index (χ0) is 15.5. The topological polar surface area (TPSA) is 70.4 Å². The van der Waals surface area contributed by atoms with Crippen LogP contribution in [-0.4, -0.2) is 31.9 Å². The van der Waals surface area contributed by atoms with Crippen LogP contribution < -0.4 is 4.74 Å². The molecular weight excluding hydrogens is 288 g/mol. The number of hydrogen-bond donors (Lipinski definition) is 0. The molecule has 0 amide bonds. The number of benzene rings is 1. The van der Waals surface area contributed by atoms with Crippen LogP contribution in [0.15, 0.2) is 29.2 Å². The molecule has 0 saturated carbocycles. The smallest absolute Gasteiger partial charge is 0.243 e. The molecule has 0 N–H and O–H groups in total. The van der Waals surface area contributed by atoms with E-state index in [0.717, 1.165) is 0 Å². The summed E-state index contributed by atoms with van der Waals surface area (Å²) < 4.78 is 32.0. The number of nitriles is 1. The zero-order valence-corrected chi connectivity index (χ0v) is 13.1. The lowest BCUT2D eigenvalue weighted by molar-refractivity contribution is 0.242. The Hall–Kier alpha value is -1.58. The van der Waals surface area contributed by atoms with Gasteiger partial charge in [-0.1, -0.05) is 0 Å². The molecule has 0 spiro atoms. The minimum atomic E-state index is -3.47. The first-order valence-electron chi connectivity index (χ1n) is 7.10. The van der Waals surface area contributed by atoms with Crippen LogP contribution in [0.1, 0.15) is 26.7 Å². The lowest BCUT2D eigenvalue weighted by Crippen LogP contribution is -2.38. The Balaban J connectivity index is 2.11. The second-order valence-corrected chi connectivity index (χ2v) is 7.38. The zero-order valence-electron chi connectivity index (χ0n) is 12.3. The van der Waals surface area contributed by atoms with Crippen molar-refractivity contribution >= 4 is 10.0 Å². The molecule has 1 fully saturated rings. The molecule has 0 radical (unpaired) electrons. The average molecular weight is 308 g/mol. The third kappa shape index (κ3) is 3.74. The fourth-order valence-corrected chi connectivity index (χ4v) is 3.81. The van der Waals surface area contributed by atoms with Crippen molar-refractivity contribution in [2.45, 2.75) is 37.7 Å². The van der Waals surface area contributed by atoms with Gasteiger partial charge in [0.05, 0.1) is 17.1 Å². The minimum Gasteiger partial charge on any atom is -0.491 e. The van der Waals surface area contributed by atoms with Crippen molar-refractivity contribution in [3.8, 4) is 11.8 Å². The maximum Gasteiger partial charge on any atom is 0.243 e. The first-order chi connectivity index (χ1) is 9.93. The monoisotopic (exact) mass is 308 g/mol. The predicted octanol–water partition coefficient (Wildman–Crippen LogP) is 2.40. The lowest BCUT2D eigenvalue weighted by Gasteiger charge is -2.28. The highest BCUT2D eigenvalue weighted by Gasteiger charge is 2.29. The van der Waals surface area contributed by atoms with E-state index in [9.17, 15) is 8.42 Å². The van der Waals surface area contributed by atoms with Crippen molar-refractivity contribution in [2.24, 2.45) is 5.92 Å². The minimum absolute atomic E-state index is 0.0294. The summed E-state index contributed by atoms with van der Waals surface area (Å²) in [6.07, 6.45) is 1.26. The molecule has 1 aliphatic heterocycles. The van der Waals surface area contributed by atoms with E-state index in [1.807, 2.05) is 13.8 Å². The molecule has 114 valence electrons. The molecule has 1 aromatic rings. The van der Waals surface area contributed by atoms with Gasteiger partial charge in [0, 0.05) is 19.0 Å². The molecule has 1 aromatic carbocycles. The van der Waals surface area contributed by atoms with E-state index in [4.69, 9.17) is 10.00 Å². The van der Waals surface area contributed by atoms with E-state index in [1.165, 1.54) is 4.31 Å². The first-order valence-corrected chi connectivity index (χ1v) is 8.54. The van der Waals surface area contributed by atoms with Crippen LogP contribution in [0.2, 0.25) is 0 Å². The fourth-order valence-electron chi connectivity index (χ4n) is 2.34. The van der Waals surface area contributed by atoms with E-state index in [0.29, 0.717) is 31.7 Å². The van der Waals surface area contributed by atoms with Crippen molar-refractivity contribution < 1.29 is 13.2 Å². The van der Waals surface area contributed by atoms with Gasteiger partial charge in [-0.15, -0.1) is 0 Å². The summed E-state index contributed by atoms with van der Waals surface area (Å²) >= 11 is 0. The molecule has 1 heterocycles. The molecule has 0 aliphatic carbocycles. The van der Waals surface area contributed by atoms with Crippen molar-refractivity contribution in [2.75, 3.05) is 13.1 Å². The standard InChI is InChI=1S/C15H20N2O3S/c1-12(2)20-14-3-5-15(6-4-14)21(18,19)17-9-7-13(11-16)8-10-17/h3-6,12-13H,7-10H2,1-2H3. The van der Waals surface area contributed by atoms with Gasteiger partial charge in [0.15, 0.2) is 0 Å². The Kier molecular flexibility index (Phi) is 4.86. The van der Waals surface area contributed by atoms with Gasteiger partial charge in [0.25, 0.3) is 0 Å². The van der Waals surface area contributed by atoms with Crippen molar-refractivity contribution in [3.05, 3.63) is 24.3 Å². The summed E-state index contributed by atoms with van der Waals surface area (Å²) in [5.74, 6) is 0.630. The SMILES string of the molecule is CC(C)Oc1ccc(S(=O)(=O)N2CCC(C#N)CC2)cc1. The summed E-state index contributed by atoms with van der Waals surface area (Å²) in [5.41, 5.74) is 0. The van der Waals surface area contributed by atoms with Crippen LogP contribution in [-0.2, 0) is 10.0 Å². The second-order valence-electron chi connectivity index (χ2n) is 5.45. The lowest BCUT2D eigenvalue weighted by atomic mass is 10.0. The van der Waals surface area contributed by atoms with Gasteiger partial charge in [0.2, 0.25) is 10.0 Å².